The van der Waals surface area contributed by atoms with E-state index in [-0.39, 0.29) is 19.1 Å². The molecule has 0 fully saturated rings. The van der Waals surface area contributed by atoms with Gasteiger partial charge in [-0.25, -0.2) is 4.57 Å². The highest BCUT2D eigenvalue weighted by molar-refractivity contribution is 7.47. The number of quaternary nitrogens is 1. The lowest BCUT2D eigenvalue weighted by molar-refractivity contribution is -0.870. The molecule has 52 heavy (non-hydrogen) atoms. The van der Waals surface area contributed by atoms with E-state index in [1.54, 1.807) is 6.08 Å². The van der Waals surface area contributed by atoms with Gasteiger partial charge in [-0.2, -0.15) is 0 Å². The highest BCUT2D eigenvalue weighted by atomic mass is 31.2. The van der Waals surface area contributed by atoms with Crippen LogP contribution in [0.5, 0.6) is 0 Å². The Kier molecular flexibility index (Phi) is 34.1. The fourth-order valence-electron chi connectivity index (χ4n) is 5.59. The van der Waals surface area contributed by atoms with E-state index >= 15 is 0 Å². The number of aliphatic hydroxyl groups is 1. The summed E-state index contributed by atoms with van der Waals surface area (Å²) >= 11 is 0. The highest BCUT2D eigenvalue weighted by Crippen LogP contribution is 2.43. The summed E-state index contributed by atoms with van der Waals surface area (Å²) in [5.41, 5.74) is 0. The van der Waals surface area contributed by atoms with Crippen molar-refractivity contribution in [1.29, 1.82) is 0 Å². The Hall–Kier alpha value is -1.54. The van der Waals surface area contributed by atoms with E-state index in [9.17, 15) is 19.4 Å². The van der Waals surface area contributed by atoms with Crippen molar-refractivity contribution in [3.8, 4) is 0 Å². The third-order valence-corrected chi connectivity index (χ3v) is 9.98. The highest BCUT2D eigenvalue weighted by Gasteiger charge is 2.27. The molecule has 0 spiro atoms. The molecule has 1 amide bonds. The number of allylic oxidation sites excluding steroid dienone is 7. The van der Waals surface area contributed by atoms with Crippen LogP contribution in [0, 0.1) is 0 Å². The topological polar surface area (TPSA) is 105 Å². The molecule has 0 aliphatic heterocycles. The van der Waals surface area contributed by atoms with Gasteiger partial charge in [0.25, 0.3) is 0 Å². The van der Waals surface area contributed by atoms with Crippen LogP contribution in [0.4, 0.5) is 0 Å². The first kappa shape index (κ1) is 50.5. The zero-order valence-electron chi connectivity index (χ0n) is 34.3. The Bertz CT molecular complexity index is 991. The van der Waals surface area contributed by atoms with Crippen LogP contribution in [-0.4, -0.2) is 73.4 Å². The maximum Gasteiger partial charge on any atom is 0.472 e. The zero-order valence-corrected chi connectivity index (χ0v) is 35.2. The fraction of sp³-hybridized carbons (Fsp3) is 0.791. The van der Waals surface area contributed by atoms with Crippen molar-refractivity contribution in [2.24, 2.45) is 0 Å². The summed E-state index contributed by atoms with van der Waals surface area (Å²) in [4.78, 5) is 23.0. The monoisotopic (exact) mass is 754 g/mol. The number of nitrogens with one attached hydrogen (secondary N) is 1. The van der Waals surface area contributed by atoms with Crippen LogP contribution in [0.1, 0.15) is 168 Å². The molecule has 0 saturated heterocycles. The number of phosphoric ester groups is 1. The minimum atomic E-state index is -4.35. The molecule has 0 rings (SSSR count). The van der Waals surface area contributed by atoms with Crippen LogP contribution in [0.15, 0.2) is 48.6 Å². The summed E-state index contributed by atoms with van der Waals surface area (Å²) in [6, 6.07) is -0.872. The first-order valence-electron chi connectivity index (χ1n) is 21.0. The van der Waals surface area contributed by atoms with E-state index in [2.05, 4.69) is 55.6 Å². The van der Waals surface area contributed by atoms with Crippen molar-refractivity contribution < 1.29 is 32.9 Å². The van der Waals surface area contributed by atoms with Crippen LogP contribution < -0.4 is 5.32 Å². The smallest absolute Gasteiger partial charge is 0.387 e. The van der Waals surface area contributed by atoms with E-state index in [1.807, 2.05) is 27.2 Å². The second-order valence-corrected chi connectivity index (χ2v) is 16.8. The predicted molar refractivity (Wildman–Crippen MR) is 221 cm³/mol. The minimum Gasteiger partial charge on any atom is -0.387 e. The second kappa shape index (κ2) is 35.2. The van der Waals surface area contributed by atoms with Crippen LogP contribution >= 0.6 is 7.82 Å². The quantitative estimate of drug-likeness (QED) is 0.0252. The number of phosphoric acid groups is 1. The molecule has 0 saturated carbocycles. The number of carbonyl (C=O) groups is 1. The van der Waals surface area contributed by atoms with Gasteiger partial charge in [-0.15, -0.1) is 0 Å². The molecule has 0 aromatic carbocycles. The van der Waals surface area contributed by atoms with Gasteiger partial charge in [0, 0.05) is 6.42 Å². The standard InChI is InChI=1S/C43H81N2O6P/c1-6-8-10-12-14-16-18-20-22-24-26-28-30-32-34-36-42(46)41(40-51-52(48,49)50-39-38-45(3,4)5)44-43(47)37-35-33-31-29-27-25-23-21-19-17-15-13-11-9-7-2/h18,20-21,23,26,28,34,36,41-42,46H,6-17,19,22,24-25,27,29-33,35,37-40H2,1-5H3,(H-,44,47,48,49)/p+1/b20-18+,23-21-,28-26+,36-34+. The normalized spacial score (nSPS) is 15.0. The molecule has 3 N–H and O–H groups in total. The van der Waals surface area contributed by atoms with Gasteiger partial charge in [0.1, 0.15) is 13.2 Å². The first-order valence-corrected chi connectivity index (χ1v) is 22.5. The van der Waals surface area contributed by atoms with Crippen LogP contribution in [-0.2, 0) is 18.4 Å². The molecule has 0 aliphatic carbocycles. The maximum absolute atomic E-state index is 12.8. The van der Waals surface area contributed by atoms with Crippen LogP contribution in [0.2, 0.25) is 0 Å². The van der Waals surface area contributed by atoms with Crippen molar-refractivity contribution >= 4 is 13.7 Å². The van der Waals surface area contributed by atoms with Crippen LogP contribution in [0.3, 0.4) is 0 Å². The van der Waals surface area contributed by atoms with Gasteiger partial charge in [-0.1, -0.05) is 140 Å². The number of hydrogen-bond acceptors (Lipinski definition) is 5. The van der Waals surface area contributed by atoms with E-state index in [4.69, 9.17) is 9.05 Å². The average molecular weight is 754 g/mol. The SMILES string of the molecule is CCCCCCC/C=C/CC/C=C/CC/C=C/C(O)C(COP(=O)(O)OCC[N+](C)(C)C)NC(=O)CCCCCCC/C=C\CCCCCCCC. The molecule has 0 aromatic rings. The number of rotatable bonds is 37. The van der Waals surface area contributed by atoms with Gasteiger partial charge in [0.05, 0.1) is 39.9 Å². The number of aliphatic hydroxyl groups excluding tert-OH is 1. The second-order valence-electron chi connectivity index (χ2n) is 15.3. The molecule has 0 bridgehead atoms. The third kappa shape index (κ3) is 36.8. The Labute approximate surface area is 320 Å². The molecule has 9 heteroatoms. The molecule has 0 aliphatic rings. The molecule has 3 unspecified atom stereocenters. The van der Waals surface area contributed by atoms with Crippen molar-refractivity contribution in [2.45, 2.75) is 180 Å². The number of hydrogen-bond donors (Lipinski definition) is 3. The lowest BCUT2D eigenvalue weighted by Gasteiger charge is -2.25. The van der Waals surface area contributed by atoms with Crippen molar-refractivity contribution in [3.63, 3.8) is 0 Å². The summed E-state index contributed by atoms with van der Waals surface area (Å²) in [5, 5.41) is 13.8. The van der Waals surface area contributed by atoms with Gasteiger partial charge in [-0.05, 0) is 70.6 Å². The number of amides is 1. The van der Waals surface area contributed by atoms with E-state index in [1.165, 1.54) is 89.9 Å². The van der Waals surface area contributed by atoms with Gasteiger partial charge < -0.3 is 19.8 Å². The lowest BCUT2D eigenvalue weighted by Crippen LogP contribution is -2.45. The Balaban J connectivity index is 4.58. The number of unbranched alkanes of at least 4 members (excludes halogenated alkanes) is 18. The number of carbonyl (C=O) groups excluding carboxylic acids is 1. The molecule has 0 aromatic heterocycles. The number of likely N-dealkylation sites (N-methyl/N-ethyl adjacent to an activating group) is 1. The average Bonchev–Trinajstić information content (AvgIpc) is 3.09. The summed E-state index contributed by atoms with van der Waals surface area (Å²) in [6.07, 6.45) is 43.2. The van der Waals surface area contributed by atoms with E-state index in [0.29, 0.717) is 17.4 Å². The Morgan fingerprint density at radius 2 is 1.06 bits per heavy atom. The molecule has 8 nitrogen and oxygen atoms in total. The summed E-state index contributed by atoms with van der Waals surface area (Å²) < 4.78 is 23.5. The lowest BCUT2D eigenvalue weighted by atomic mass is 10.1. The summed E-state index contributed by atoms with van der Waals surface area (Å²) in [7, 11) is 1.53. The largest absolute Gasteiger partial charge is 0.472 e. The summed E-state index contributed by atoms with van der Waals surface area (Å²) in [5.74, 6) is -0.203. The molecule has 0 radical (unpaired) electrons. The maximum atomic E-state index is 12.8. The van der Waals surface area contributed by atoms with E-state index in [0.717, 1.165) is 57.8 Å². The van der Waals surface area contributed by atoms with Crippen LogP contribution in [0.25, 0.3) is 0 Å². The van der Waals surface area contributed by atoms with Gasteiger partial charge in [-0.3, -0.25) is 13.8 Å². The molecular weight excluding hydrogens is 671 g/mol. The first-order chi connectivity index (χ1) is 25.0. The molecule has 3 atom stereocenters. The Morgan fingerprint density at radius 1 is 0.635 bits per heavy atom. The van der Waals surface area contributed by atoms with Gasteiger partial charge in [0.2, 0.25) is 5.91 Å². The van der Waals surface area contributed by atoms with Crippen molar-refractivity contribution in [3.05, 3.63) is 48.6 Å². The Morgan fingerprint density at radius 3 is 1.54 bits per heavy atom. The van der Waals surface area contributed by atoms with Gasteiger partial charge in [0.15, 0.2) is 0 Å². The third-order valence-electron chi connectivity index (χ3n) is 9.00. The fourth-order valence-corrected chi connectivity index (χ4v) is 6.33. The summed E-state index contributed by atoms with van der Waals surface area (Å²) in [6.45, 7) is 4.74. The van der Waals surface area contributed by atoms with Crippen molar-refractivity contribution in [2.75, 3.05) is 40.9 Å². The van der Waals surface area contributed by atoms with Gasteiger partial charge >= 0.3 is 7.82 Å². The van der Waals surface area contributed by atoms with E-state index < -0.39 is 20.0 Å². The molecule has 304 valence electrons. The zero-order chi connectivity index (χ0) is 38.6. The predicted octanol–water partition coefficient (Wildman–Crippen LogP) is 11.3. The molecule has 0 heterocycles. The minimum absolute atomic E-state index is 0.0508. The number of nitrogens with zero attached hydrogens (tertiary/aromatic N) is 1. The van der Waals surface area contributed by atoms with Crippen molar-refractivity contribution in [1.82, 2.24) is 5.32 Å². The molecular formula is C43H82N2O6P+.